The summed E-state index contributed by atoms with van der Waals surface area (Å²) in [6.07, 6.45) is 11.5. The molecule has 4 aliphatic carbocycles. The average molecular weight is 347 g/mol. The molecule has 0 bridgehead atoms. The number of carbonyl (C=O) groups excluding carboxylic acids is 1. The molecule has 0 aromatic heterocycles. The highest BCUT2D eigenvalue weighted by molar-refractivity contribution is 5.79. The monoisotopic (exact) mass is 346 g/mol. The van der Waals surface area contributed by atoms with Crippen LogP contribution in [0.3, 0.4) is 0 Å². The van der Waals surface area contributed by atoms with E-state index in [2.05, 4.69) is 19.9 Å². The first-order chi connectivity index (χ1) is 11.9. The lowest BCUT2D eigenvalue weighted by Crippen LogP contribution is -2.50. The zero-order chi connectivity index (χ0) is 18.4. The van der Waals surface area contributed by atoms with Crippen molar-refractivity contribution in [3.63, 3.8) is 0 Å². The van der Waals surface area contributed by atoms with E-state index in [1.165, 1.54) is 25.7 Å². The third kappa shape index (κ3) is 2.83. The number of hydrogen-bond donors (Lipinski definition) is 1. The van der Waals surface area contributed by atoms with Gasteiger partial charge in [-0.05, 0) is 86.9 Å². The summed E-state index contributed by atoms with van der Waals surface area (Å²) in [5.74, 6) is 3.00. The predicted molar refractivity (Wildman–Crippen MR) is 103 cm³/mol. The van der Waals surface area contributed by atoms with Crippen LogP contribution in [0.15, 0.2) is 11.6 Å². The summed E-state index contributed by atoms with van der Waals surface area (Å²) in [6.45, 7) is 10.7. The number of carbonyl (C=O) groups is 1. The molecule has 4 rings (SSSR count). The number of ketones is 1. The van der Waals surface area contributed by atoms with Crippen LogP contribution in [0.4, 0.5) is 0 Å². The molecule has 2 heteroatoms. The Labute approximate surface area is 154 Å². The lowest BCUT2D eigenvalue weighted by molar-refractivity contribution is -0.127. The van der Waals surface area contributed by atoms with Crippen LogP contribution in [0.5, 0.6) is 0 Å². The minimum Gasteiger partial charge on any atom is -0.393 e. The molecular formula is C23H38O2. The van der Waals surface area contributed by atoms with Crippen molar-refractivity contribution >= 4 is 5.78 Å². The number of Topliss-reactive ketones (excluding diaryl/α,β-unsaturated/α-hetero) is 1. The maximum atomic E-state index is 12.2. The van der Waals surface area contributed by atoms with E-state index in [1.54, 1.807) is 5.57 Å². The normalized spacial score (nSPS) is 48.2. The van der Waals surface area contributed by atoms with Crippen LogP contribution in [0.2, 0.25) is 0 Å². The highest BCUT2D eigenvalue weighted by Gasteiger charge is 2.59. The van der Waals surface area contributed by atoms with Crippen LogP contribution in [0.25, 0.3) is 0 Å². The summed E-state index contributed by atoms with van der Waals surface area (Å²) in [6, 6.07) is 0. The van der Waals surface area contributed by atoms with Gasteiger partial charge in [0.15, 0.2) is 0 Å². The first-order valence-corrected chi connectivity index (χ1v) is 10.7. The van der Waals surface area contributed by atoms with Crippen LogP contribution in [0, 0.1) is 34.5 Å². The van der Waals surface area contributed by atoms with Crippen molar-refractivity contribution in [1.82, 2.24) is 0 Å². The second kappa shape index (κ2) is 6.83. The molecule has 7 unspecified atom stereocenters. The van der Waals surface area contributed by atoms with Crippen LogP contribution < -0.4 is 0 Å². The smallest absolute Gasteiger partial charge is 0.133 e. The first kappa shape index (κ1) is 19.1. The van der Waals surface area contributed by atoms with Gasteiger partial charge in [0.1, 0.15) is 5.78 Å². The van der Waals surface area contributed by atoms with Crippen molar-refractivity contribution in [1.29, 1.82) is 0 Å². The number of fused-ring (bicyclic) bond motifs is 5. The Bertz CT molecular complexity index is 550. The van der Waals surface area contributed by atoms with Gasteiger partial charge in [0.05, 0.1) is 6.10 Å². The van der Waals surface area contributed by atoms with Crippen molar-refractivity contribution < 1.29 is 9.90 Å². The Morgan fingerprint density at radius 2 is 1.80 bits per heavy atom. The maximum Gasteiger partial charge on any atom is 0.133 e. The summed E-state index contributed by atoms with van der Waals surface area (Å²) >= 11 is 0. The number of allylic oxidation sites excluding steroid dienone is 1. The average Bonchev–Trinajstić information content (AvgIpc) is 2.95. The Balaban J connectivity index is 0.000000880. The van der Waals surface area contributed by atoms with Gasteiger partial charge in [-0.25, -0.2) is 0 Å². The highest BCUT2D eigenvalue weighted by Crippen LogP contribution is 2.66. The second-order valence-corrected chi connectivity index (χ2v) is 9.44. The lowest BCUT2D eigenvalue weighted by atomic mass is 9.47. The van der Waals surface area contributed by atoms with E-state index >= 15 is 0 Å². The van der Waals surface area contributed by atoms with E-state index in [1.807, 2.05) is 20.8 Å². The molecule has 25 heavy (non-hydrogen) atoms. The van der Waals surface area contributed by atoms with Gasteiger partial charge < -0.3 is 5.11 Å². The molecule has 0 saturated heterocycles. The molecule has 3 fully saturated rings. The third-order valence-corrected chi connectivity index (χ3v) is 8.57. The van der Waals surface area contributed by atoms with E-state index in [0.717, 1.165) is 43.4 Å². The van der Waals surface area contributed by atoms with Crippen molar-refractivity contribution in [3.8, 4) is 0 Å². The predicted octanol–water partition coefficient (Wildman–Crippen LogP) is 5.54. The highest BCUT2D eigenvalue weighted by atomic mass is 16.3. The van der Waals surface area contributed by atoms with Crippen molar-refractivity contribution in [2.45, 2.75) is 92.1 Å². The first-order valence-electron chi connectivity index (χ1n) is 10.7. The Morgan fingerprint density at radius 1 is 1.08 bits per heavy atom. The van der Waals surface area contributed by atoms with Gasteiger partial charge in [-0.2, -0.15) is 0 Å². The molecule has 0 aliphatic heterocycles. The summed E-state index contributed by atoms with van der Waals surface area (Å²) in [4.78, 5) is 12.2. The molecule has 7 atom stereocenters. The van der Waals surface area contributed by atoms with Gasteiger partial charge in [0.2, 0.25) is 0 Å². The van der Waals surface area contributed by atoms with Gasteiger partial charge in [-0.1, -0.05) is 39.3 Å². The van der Waals surface area contributed by atoms with E-state index < -0.39 is 0 Å². The number of rotatable bonds is 1. The fraction of sp³-hybridized carbons (Fsp3) is 0.870. The van der Waals surface area contributed by atoms with E-state index in [4.69, 9.17) is 0 Å². The molecule has 2 nitrogen and oxygen atoms in total. The molecule has 0 aromatic rings. The summed E-state index contributed by atoms with van der Waals surface area (Å²) in [5.41, 5.74) is 2.11. The maximum absolute atomic E-state index is 12.2. The van der Waals surface area contributed by atoms with Gasteiger partial charge >= 0.3 is 0 Å². The van der Waals surface area contributed by atoms with E-state index in [0.29, 0.717) is 17.1 Å². The van der Waals surface area contributed by atoms with Crippen LogP contribution in [-0.2, 0) is 4.79 Å². The van der Waals surface area contributed by atoms with Gasteiger partial charge in [0, 0.05) is 5.92 Å². The molecule has 0 heterocycles. The number of aliphatic hydroxyl groups is 1. The molecule has 142 valence electrons. The zero-order valence-corrected chi connectivity index (χ0v) is 17.0. The molecule has 4 aliphatic rings. The fourth-order valence-corrected chi connectivity index (χ4v) is 7.31. The quantitative estimate of drug-likeness (QED) is 0.633. The second-order valence-electron chi connectivity index (χ2n) is 9.44. The fourth-order valence-electron chi connectivity index (χ4n) is 7.31. The van der Waals surface area contributed by atoms with Gasteiger partial charge in [-0.15, -0.1) is 0 Å². The molecule has 0 aromatic carbocycles. The van der Waals surface area contributed by atoms with Gasteiger partial charge in [0.25, 0.3) is 0 Å². The Morgan fingerprint density at radius 3 is 2.48 bits per heavy atom. The molecule has 0 amide bonds. The molecule has 0 spiro atoms. The zero-order valence-electron chi connectivity index (χ0n) is 17.0. The minimum absolute atomic E-state index is 0.117. The lowest BCUT2D eigenvalue weighted by Gasteiger charge is -2.57. The number of hydrogen-bond acceptors (Lipinski definition) is 2. The van der Waals surface area contributed by atoms with Crippen molar-refractivity contribution in [2.75, 3.05) is 0 Å². The SMILES string of the molecule is CC.CC(=O)C1CCC2C3CC=C4CC(O)CCC4(C)C3CCC12C. The molecule has 0 radical (unpaired) electrons. The van der Waals surface area contributed by atoms with Gasteiger partial charge in [-0.3, -0.25) is 4.79 Å². The third-order valence-electron chi connectivity index (χ3n) is 8.57. The summed E-state index contributed by atoms with van der Waals surface area (Å²) in [7, 11) is 0. The van der Waals surface area contributed by atoms with Crippen molar-refractivity contribution in [3.05, 3.63) is 11.6 Å². The number of aliphatic hydroxyl groups excluding tert-OH is 1. The van der Waals surface area contributed by atoms with Crippen LogP contribution in [0.1, 0.15) is 86.0 Å². The standard InChI is InChI=1S/C21H32O2.C2H6/c1-13(22)17-6-7-18-16-5-4-14-12-15(23)8-10-20(14,2)19(16)9-11-21(17,18)3;1-2/h4,15-19,23H,5-12H2,1-3H3;1-2H3. The van der Waals surface area contributed by atoms with Crippen LogP contribution >= 0.6 is 0 Å². The minimum atomic E-state index is -0.117. The van der Waals surface area contributed by atoms with E-state index in [-0.39, 0.29) is 11.5 Å². The Kier molecular flexibility index (Phi) is 5.23. The largest absolute Gasteiger partial charge is 0.393 e. The molecular weight excluding hydrogens is 308 g/mol. The molecule has 1 N–H and O–H groups in total. The van der Waals surface area contributed by atoms with Crippen LogP contribution in [-0.4, -0.2) is 17.0 Å². The summed E-state index contributed by atoms with van der Waals surface area (Å²) < 4.78 is 0. The summed E-state index contributed by atoms with van der Waals surface area (Å²) in [5, 5.41) is 10.1. The Hall–Kier alpha value is -0.630. The van der Waals surface area contributed by atoms with E-state index in [9.17, 15) is 9.90 Å². The van der Waals surface area contributed by atoms with Crippen molar-refractivity contribution in [2.24, 2.45) is 34.5 Å². The molecule has 3 saturated carbocycles. The topological polar surface area (TPSA) is 37.3 Å².